The van der Waals surface area contributed by atoms with E-state index < -0.39 is 6.04 Å². The summed E-state index contributed by atoms with van der Waals surface area (Å²) in [5.74, 6) is -0.0863. The van der Waals surface area contributed by atoms with E-state index in [4.69, 9.17) is 5.73 Å². The highest BCUT2D eigenvalue weighted by molar-refractivity contribution is 7.16. The standard InChI is InChI=1S/C16H21N3OS/c1-9(2)13(17)15(20)19-16-18-14(11(4)21-16)12-7-5-10(3)6-8-12/h5-9,13H,17H2,1-4H3,(H,18,19,20)/t13-/m0/s1. The molecule has 0 aliphatic heterocycles. The number of nitrogens with zero attached hydrogens (tertiary/aromatic N) is 1. The predicted octanol–water partition coefficient (Wildman–Crippen LogP) is 3.35. The van der Waals surface area contributed by atoms with Crippen molar-refractivity contribution in [1.29, 1.82) is 0 Å². The van der Waals surface area contributed by atoms with Gasteiger partial charge in [-0.15, -0.1) is 11.3 Å². The lowest BCUT2D eigenvalue weighted by Gasteiger charge is -2.13. The van der Waals surface area contributed by atoms with E-state index in [1.165, 1.54) is 16.9 Å². The van der Waals surface area contributed by atoms with E-state index in [9.17, 15) is 4.79 Å². The molecule has 0 aliphatic rings. The van der Waals surface area contributed by atoms with Crippen molar-refractivity contribution in [3.8, 4) is 11.3 Å². The lowest BCUT2D eigenvalue weighted by atomic mass is 10.1. The molecule has 0 unspecified atom stereocenters. The first kappa shape index (κ1) is 15.7. The number of thiazole rings is 1. The number of benzene rings is 1. The average Bonchev–Trinajstić information content (AvgIpc) is 2.79. The Hall–Kier alpha value is -1.72. The molecule has 0 spiro atoms. The highest BCUT2D eigenvalue weighted by atomic mass is 32.1. The summed E-state index contributed by atoms with van der Waals surface area (Å²) in [5.41, 5.74) is 9.03. The molecule has 1 heterocycles. The monoisotopic (exact) mass is 303 g/mol. The summed E-state index contributed by atoms with van der Waals surface area (Å²) >= 11 is 1.47. The van der Waals surface area contributed by atoms with Gasteiger partial charge in [0.25, 0.3) is 0 Å². The Morgan fingerprint density at radius 2 is 1.86 bits per heavy atom. The molecule has 0 bridgehead atoms. The largest absolute Gasteiger partial charge is 0.320 e. The van der Waals surface area contributed by atoms with Crippen LogP contribution in [0.25, 0.3) is 11.3 Å². The fourth-order valence-electron chi connectivity index (χ4n) is 1.92. The van der Waals surface area contributed by atoms with Gasteiger partial charge in [-0.25, -0.2) is 4.98 Å². The number of rotatable bonds is 4. The number of nitrogens with two attached hydrogens (primary N) is 1. The van der Waals surface area contributed by atoms with Crippen LogP contribution in [0, 0.1) is 19.8 Å². The number of nitrogens with one attached hydrogen (secondary N) is 1. The topological polar surface area (TPSA) is 68.0 Å². The Kier molecular flexibility index (Phi) is 4.75. The summed E-state index contributed by atoms with van der Waals surface area (Å²) in [7, 11) is 0. The normalized spacial score (nSPS) is 12.5. The Morgan fingerprint density at radius 1 is 1.24 bits per heavy atom. The van der Waals surface area contributed by atoms with Crippen LogP contribution in [0.1, 0.15) is 24.3 Å². The van der Waals surface area contributed by atoms with Crippen LogP contribution in [-0.4, -0.2) is 16.9 Å². The van der Waals surface area contributed by atoms with Gasteiger partial charge in [-0.1, -0.05) is 43.7 Å². The minimum absolute atomic E-state index is 0.0997. The van der Waals surface area contributed by atoms with Crippen LogP contribution in [0.3, 0.4) is 0 Å². The summed E-state index contributed by atoms with van der Waals surface area (Å²) in [4.78, 5) is 17.6. The van der Waals surface area contributed by atoms with Gasteiger partial charge in [0.1, 0.15) is 0 Å². The van der Waals surface area contributed by atoms with Gasteiger partial charge in [-0.3, -0.25) is 4.79 Å². The summed E-state index contributed by atoms with van der Waals surface area (Å²) < 4.78 is 0. The predicted molar refractivity (Wildman–Crippen MR) is 88.5 cm³/mol. The van der Waals surface area contributed by atoms with Gasteiger partial charge >= 0.3 is 0 Å². The first-order valence-corrected chi connectivity index (χ1v) is 7.81. The molecule has 0 saturated carbocycles. The van der Waals surface area contributed by atoms with E-state index in [1.807, 2.05) is 32.9 Å². The van der Waals surface area contributed by atoms with Crippen molar-refractivity contribution in [2.75, 3.05) is 5.32 Å². The molecule has 2 rings (SSSR count). The summed E-state index contributed by atoms with van der Waals surface area (Å²) in [6.07, 6.45) is 0. The van der Waals surface area contributed by atoms with Gasteiger partial charge in [0, 0.05) is 10.4 Å². The second-order valence-corrected chi connectivity index (χ2v) is 6.75. The van der Waals surface area contributed by atoms with Gasteiger partial charge in [0.2, 0.25) is 5.91 Å². The van der Waals surface area contributed by atoms with Crippen LogP contribution in [0.2, 0.25) is 0 Å². The molecule has 112 valence electrons. The Morgan fingerprint density at radius 3 is 2.43 bits per heavy atom. The smallest absolute Gasteiger partial charge is 0.243 e. The Labute approximate surface area is 129 Å². The van der Waals surface area contributed by atoms with Crippen LogP contribution in [0.15, 0.2) is 24.3 Å². The molecule has 3 N–H and O–H groups in total. The summed E-state index contributed by atoms with van der Waals surface area (Å²) in [5, 5.41) is 3.41. The highest BCUT2D eigenvalue weighted by Gasteiger charge is 2.19. The molecule has 0 saturated heterocycles. The Bertz CT molecular complexity index is 631. The van der Waals surface area contributed by atoms with Crippen LogP contribution in [-0.2, 0) is 4.79 Å². The van der Waals surface area contributed by atoms with Gasteiger partial charge < -0.3 is 11.1 Å². The van der Waals surface area contributed by atoms with Gasteiger partial charge in [-0.05, 0) is 19.8 Å². The van der Waals surface area contributed by atoms with E-state index in [0.29, 0.717) is 5.13 Å². The summed E-state index contributed by atoms with van der Waals surface area (Å²) in [6, 6.07) is 7.69. The highest BCUT2D eigenvalue weighted by Crippen LogP contribution is 2.30. The lowest BCUT2D eigenvalue weighted by Crippen LogP contribution is -2.39. The quantitative estimate of drug-likeness (QED) is 0.910. The number of hydrogen-bond donors (Lipinski definition) is 2. The first-order valence-electron chi connectivity index (χ1n) is 6.99. The number of amides is 1. The van der Waals surface area contributed by atoms with Crippen molar-refractivity contribution in [3.63, 3.8) is 0 Å². The van der Waals surface area contributed by atoms with Crippen molar-refractivity contribution >= 4 is 22.4 Å². The molecule has 21 heavy (non-hydrogen) atoms. The number of aryl methyl sites for hydroxylation is 2. The molecule has 1 amide bonds. The number of hydrogen-bond acceptors (Lipinski definition) is 4. The molecule has 0 radical (unpaired) electrons. The third-order valence-corrected chi connectivity index (χ3v) is 4.26. The zero-order valence-corrected chi connectivity index (χ0v) is 13.6. The number of carbonyl (C=O) groups is 1. The van der Waals surface area contributed by atoms with E-state index in [2.05, 4.69) is 29.4 Å². The fraction of sp³-hybridized carbons (Fsp3) is 0.375. The maximum Gasteiger partial charge on any atom is 0.243 e. The average molecular weight is 303 g/mol. The van der Waals surface area contributed by atoms with Gasteiger partial charge in [-0.2, -0.15) is 0 Å². The van der Waals surface area contributed by atoms with E-state index >= 15 is 0 Å². The minimum atomic E-state index is -0.517. The Balaban J connectivity index is 2.20. The molecule has 1 aromatic heterocycles. The number of aromatic nitrogens is 1. The molecule has 1 atom stereocenters. The number of anilines is 1. The maximum atomic E-state index is 12.0. The van der Waals surface area contributed by atoms with Gasteiger partial charge in [0.15, 0.2) is 5.13 Å². The molecule has 1 aromatic carbocycles. The minimum Gasteiger partial charge on any atom is -0.320 e. The van der Waals surface area contributed by atoms with Crippen molar-refractivity contribution in [1.82, 2.24) is 4.98 Å². The summed E-state index contributed by atoms with van der Waals surface area (Å²) in [6.45, 7) is 7.91. The third kappa shape index (κ3) is 3.68. The van der Waals surface area contributed by atoms with Crippen LogP contribution >= 0.6 is 11.3 Å². The third-order valence-electron chi connectivity index (χ3n) is 3.37. The van der Waals surface area contributed by atoms with Gasteiger partial charge in [0.05, 0.1) is 11.7 Å². The molecule has 2 aromatic rings. The lowest BCUT2D eigenvalue weighted by molar-refractivity contribution is -0.118. The SMILES string of the molecule is Cc1ccc(-c2nc(NC(=O)[C@@H](N)C(C)C)sc2C)cc1. The second kappa shape index (κ2) is 6.37. The molecule has 4 nitrogen and oxygen atoms in total. The first-order chi connectivity index (χ1) is 9.88. The molecule has 0 aliphatic carbocycles. The second-order valence-electron chi connectivity index (χ2n) is 5.55. The zero-order valence-electron chi connectivity index (χ0n) is 12.8. The number of carbonyl (C=O) groups excluding carboxylic acids is 1. The van der Waals surface area contributed by atoms with Crippen molar-refractivity contribution in [2.45, 2.75) is 33.7 Å². The van der Waals surface area contributed by atoms with E-state index in [-0.39, 0.29) is 11.8 Å². The van der Waals surface area contributed by atoms with Crippen LogP contribution < -0.4 is 11.1 Å². The van der Waals surface area contributed by atoms with Crippen molar-refractivity contribution in [2.24, 2.45) is 11.7 Å². The van der Waals surface area contributed by atoms with Crippen molar-refractivity contribution in [3.05, 3.63) is 34.7 Å². The molecule has 5 heteroatoms. The molecule has 0 fully saturated rings. The van der Waals surface area contributed by atoms with Crippen LogP contribution in [0.4, 0.5) is 5.13 Å². The van der Waals surface area contributed by atoms with E-state index in [0.717, 1.165) is 16.1 Å². The maximum absolute atomic E-state index is 12.0. The molecular weight excluding hydrogens is 282 g/mol. The van der Waals surface area contributed by atoms with E-state index in [1.54, 1.807) is 0 Å². The molecular formula is C16H21N3OS. The fourth-order valence-corrected chi connectivity index (χ4v) is 2.76. The zero-order chi connectivity index (χ0) is 15.6. The van der Waals surface area contributed by atoms with Crippen LogP contribution in [0.5, 0.6) is 0 Å². The van der Waals surface area contributed by atoms with Crippen molar-refractivity contribution < 1.29 is 4.79 Å².